The Kier molecular flexibility index (Phi) is 13.7. The van der Waals surface area contributed by atoms with Gasteiger partial charge in [0.05, 0.1) is 44.6 Å². The molecule has 0 unspecified atom stereocenters. The molecule has 0 radical (unpaired) electrons. The van der Waals surface area contributed by atoms with Crippen molar-refractivity contribution >= 4 is 51.7 Å². The van der Waals surface area contributed by atoms with Gasteiger partial charge in [-0.3, -0.25) is 5.41 Å². The molecule has 0 saturated heterocycles. The maximum atomic E-state index is 8.20. The van der Waals surface area contributed by atoms with Crippen LogP contribution >= 0.6 is 23.5 Å². The molecule has 0 saturated carbocycles. The summed E-state index contributed by atoms with van der Waals surface area (Å²) in [5.41, 5.74) is 16.6. The summed E-state index contributed by atoms with van der Waals surface area (Å²) in [5, 5.41) is 9.65. The van der Waals surface area contributed by atoms with Crippen LogP contribution in [0.4, 0.5) is 5.82 Å². The smallest absolute Gasteiger partial charge is 0.175 e. The third kappa shape index (κ3) is 9.82. The van der Waals surface area contributed by atoms with E-state index >= 15 is 0 Å². The highest BCUT2D eigenvalue weighted by Crippen LogP contribution is 2.39. The maximum Gasteiger partial charge on any atom is 0.175 e. The molecule has 0 amide bonds. The van der Waals surface area contributed by atoms with E-state index in [1.165, 1.54) is 63.2 Å². The van der Waals surface area contributed by atoms with Gasteiger partial charge in [0, 0.05) is 13.1 Å². The van der Waals surface area contributed by atoms with Crippen LogP contribution in [0.5, 0.6) is 23.0 Å². The third-order valence-corrected chi connectivity index (χ3v) is 12.4. The summed E-state index contributed by atoms with van der Waals surface area (Å²) < 4.78 is 25.8. The van der Waals surface area contributed by atoms with Crippen LogP contribution in [-0.4, -0.2) is 67.5 Å². The second-order valence-electron chi connectivity index (χ2n) is 14.6. The van der Waals surface area contributed by atoms with E-state index in [-0.39, 0.29) is 5.49 Å². The van der Waals surface area contributed by atoms with Crippen LogP contribution in [0, 0.1) is 33.1 Å². The van der Waals surface area contributed by atoms with Crippen LogP contribution in [0.2, 0.25) is 0 Å². The lowest BCUT2D eigenvalue weighted by molar-refractivity contribution is 0.394. The first-order valence-electron chi connectivity index (χ1n) is 19.9. The standard InChI is InChI=1S/2C23H25N5O2S/c1-14-5-6-15(2)16(11-14)9-10-28-13-25-21(24)20-22(28)27-23(26-20)31-19-12-17(29-3)7-8-18(19)30-4;1-14-5-6-15(2)16(11-14)9-10-28-22-20(21(24)25-13-26-22)27-23(28)31-19-12-17(29-3)7-8-18(19)30-4/h5-8,11-13,24H,9-10H2,1-4H3,(H,26,27);5-8,11-13H,9-10H2,1-4H3,(H2,24,25,26). The van der Waals surface area contributed by atoms with Crippen LogP contribution in [0.15, 0.2) is 106 Å². The molecular weight excluding hydrogens is 821 g/mol. The largest absolute Gasteiger partial charge is 0.497 e. The molecule has 0 aliphatic heterocycles. The number of hydrogen-bond acceptors (Lipinski definition) is 13. The number of benzene rings is 4. The van der Waals surface area contributed by atoms with Crippen molar-refractivity contribution in [3.05, 3.63) is 124 Å². The van der Waals surface area contributed by atoms with Gasteiger partial charge in [-0.2, -0.15) is 0 Å². The summed E-state index contributed by atoms with van der Waals surface area (Å²) in [6.07, 6.45) is 4.89. The van der Waals surface area contributed by atoms with Crippen molar-refractivity contribution < 1.29 is 18.9 Å². The second-order valence-corrected chi connectivity index (χ2v) is 16.6. The fourth-order valence-corrected chi connectivity index (χ4v) is 8.90. The molecule has 0 fully saturated rings. The number of fused-ring (bicyclic) bond motifs is 2. The van der Waals surface area contributed by atoms with Crippen molar-refractivity contribution in [2.24, 2.45) is 0 Å². The number of aromatic amines is 1. The minimum atomic E-state index is 0.176. The number of nitrogens with two attached hydrogens (primary N) is 1. The summed E-state index contributed by atoms with van der Waals surface area (Å²) in [4.78, 5) is 27.4. The predicted molar refractivity (Wildman–Crippen MR) is 244 cm³/mol. The lowest BCUT2D eigenvalue weighted by Gasteiger charge is -2.13. The van der Waals surface area contributed by atoms with Crippen LogP contribution in [0.25, 0.3) is 22.3 Å². The average Bonchev–Trinajstić information content (AvgIpc) is 3.87. The normalized spacial score (nSPS) is 11.1. The van der Waals surface area contributed by atoms with Gasteiger partial charge in [-0.15, -0.1) is 0 Å². The van der Waals surface area contributed by atoms with Crippen LogP contribution in [0.3, 0.4) is 0 Å². The lowest BCUT2D eigenvalue weighted by atomic mass is 10.0. The molecule has 0 aliphatic rings. The quantitative estimate of drug-likeness (QED) is 0.0949. The van der Waals surface area contributed by atoms with Gasteiger partial charge in [0.25, 0.3) is 0 Å². The van der Waals surface area contributed by atoms with Gasteiger partial charge in [0.1, 0.15) is 34.8 Å². The number of hydrogen-bond donors (Lipinski definition) is 3. The van der Waals surface area contributed by atoms with Crippen molar-refractivity contribution in [2.75, 3.05) is 34.2 Å². The number of aryl methyl sites for hydroxylation is 8. The predicted octanol–water partition coefficient (Wildman–Crippen LogP) is 8.70. The zero-order valence-corrected chi connectivity index (χ0v) is 37.7. The van der Waals surface area contributed by atoms with Crippen molar-refractivity contribution in [3.63, 3.8) is 0 Å². The molecule has 0 atom stereocenters. The van der Waals surface area contributed by atoms with E-state index in [1.807, 2.05) is 41.0 Å². The molecule has 16 heteroatoms. The Morgan fingerprint density at radius 2 is 1.26 bits per heavy atom. The molecule has 62 heavy (non-hydrogen) atoms. The molecule has 320 valence electrons. The number of rotatable bonds is 14. The molecule has 4 aromatic carbocycles. The molecule has 14 nitrogen and oxygen atoms in total. The maximum absolute atomic E-state index is 8.20. The first-order valence-corrected chi connectivity index (χ1v) is 21.5. The summed E-state index contributed by atoms with van der Waals surface area (Å²) in [6, 6.07) is 24.4. The number of anilines is 1. The van der Waals surface area contributed by atoms with Crippen molar-refractivity contribution in [1.82, 2.24) is 39.0 Å². The van der Waals surface area contributed by atoms with Gasteiger partial charge in [0.15, 0.2) is 38.4 Å². The zero-order chi connectivity index (χ0) is 43.9. The van der Waals surface area contributed by atoms with Gasteiger partial charge >= 0.3 is 0 Å². The fourth-order valence-electron chi connectivity index (χ4n) is 6.93. The Balaban J connectivity index is 0.000000186. The summed E-state index contributed by atoms with van der Waals surface area (Å²) in [6.45, 7) is 9.93. The van der Waals surface area contributed by atoms with Gasteiger partial charge < -0.3 is 38.8 Å². The first-order chi connectivity index (χ1) is 30.0. The number of nitrogens with one attached hydrogen (secondary N) is 2. The molecule has 8 rings (SSSR count). The highest BCUT2D eigenvalue weighted by molar-refractivity contribution is 7.99. The molecule has 4 N–H and O–H groups in total. The molecule has 0 bridgehead atoms. The number of nitrogens with zero attached hydrogens (tertiary/aromatic N) is 7. The second kappa shape index (κ2) is 19.5. The van der Waals surface area contributed by atoms with Gasteiger partial charge in [-0.05, 0) is 123 Å². The van der Waals surface area contributed by atoms with E-state index in [2.05, 4.69) is 88.6 Å². The molecule has 0 spiro atoms. The van der Waals surface area contributed by atoms with Gasteiger partial charge in [-0.1, -0.05) is 47.5 Å². The monoisotopic (exact) mass is 870 g/mol. The summed E-state index contributed by atoms with van der Waals surface area (Å²) in [7, 11) is 6.57. The summed E-state index contributed by atoms with van der Waals surface area (Å²) in [5.74, 6) is 3.35. The Labute approximate surface area is 368 Å². The van der Waals surface area contributed by atoms with Crippen LogP contribution < -0.4 is 30.2 Å². The number of H-pyrrole nitrogens is 1. The van der Waals surface area contributed by atoms with Crippen LogP contribution in [-0.2, 0) is 25.9 Å². The number of nitrogen functional groups attached to an aromatic ring is 1. The highest BCUT2D eigenvalue weighted by atomic mass is 32.2. The molecular formula is C46H50N10O4S2. The van der Waals surface area contributed by atoms with Crippen LogP contribution in [0.1, 0.15) is 33.4 Å². The van der Waals surface area contributed by atoms with E-state index in [9.17, 15) is 0 Å². The molecule has 8 aromatic rings. The highest BCUT2D eigenvalue weighted by Gasteiger charge is 2.19. The number of ether oxygens (including phenoxy) is 4. The summed E-state index contributed by atoms with van der Waals surface area (Å²) >= 11 is 2.93. The van der Waals surface area contributed by atoms with Crippen molar-refractivity contribution in [2.45, 2.75) is 73.7 Å². The Bertz CT molecular complexity index is 2930. The molecule has 0 aliphatic carbocycles. The first kappa shape index (κ1) is 43.6. The minimum Gasteiger partial charge on any atom is -0.497 e. The lowest BCUT2D eigenvalue weighted by Crippen LogP contribution is -2.13. The third-order valence-electron chi connectivity index (χ3n) is 10.4. The van der Waals surface area contributed by atoms with E-state index in [1.54, 1.807) is 34.8 Å². The Morgan fingerprint density at radius 1 is 0.661 bits per heavy atom. The average molecular weight is 871 g/mol. The zero-order valence-electron chi connectivity index (χ0n) is 36.1. The fraction of sp³-hybridized carbons (Fsp3) is 0.261. The van der Waals surface area contributed by atoms with E-state index in [0.29, 0.717) is 28.6 Å². The Hall–Kier alpha value is -6.52. The van der Waals surface area contributed by atoms with Crippen molar-refractivity contribution in [3.8, 4) is 23.0 Å². The van der Waals surface area contributed by atoms with E-state index in [0.717, 1.165) is 68.6 Å². The number of methoxy groups -OCH3 is 4. The van der Waals surface area contributed by atoms with E-state index in [4.69, 9.17) is 40.1 Å². The topological polar surface area (TPSA) is 177 Å². The van der Waals surface area contributed by atoms with Crippen molar-refractivity contribution in [1.29, 1.82) is 5.41 Å². The number of imidazole rings is 2. The number of aromatic nitrogens is 8. The van der Waals surface area contributed by atoms with E-state index < -0.39 is 0 Å². The van der Waals surface area contributed by atoms with Gasteiger partial charge in [-0.25, -0.2) is 24.9 Å². The molecule has 4 heterocycles. The molecule has 4 aromatic heterocycles. The van der Waals surface area contributed by atoms with Gasteiger partial charge in [0.2, 0.25) is 0 Å². The Morgan fingerprint density at radius 3 is 1.85 bits per heavy atom. The SMILES string of the molecule is COc1ccc(OC)c(Sc2nc3c(N)ncnc3n2CCc2cc(C)ccc2C)c1.COc1ccc(OC)c(Sc2nc3c([nH]2)c(=N)ncn3CCc2cc(C)ccc2C)c1. The minimum absolute atomic E-state index is 0.176.